The molecule has 0 saturated heterocycles. The van der Waals surface area contributed by atoms with Crippen LogP contribution < -0.4 is 9.47 Å². The van der Waals surface area contributed by atoms with Crippen LogP contribution in [0, 0.1) is 25.2 Å². The number of rotatable bonds is 22. The lowest BCUT2D eigenvalue weighted by molar-refractivity contribution is 0.281. The Morgan fingerprint density at radius 2 is 1.42 bits per heavy atom. The molecule has 3 heterocycles. The average molecular weight is 1200 g/mol. The van der Waals surface area contributed by atoms with E-state index >= 15 is 0 Å². The van der Waals surface area contributed by atoms with E-state index in [2.05, 4.69) is 46.7 Å². The van der Waals surface area contributed by atoms with Crippen LogP contribution in [0.4, 0.5) is 33.6 Å². The first-order valence-corrected chi connectivity index (χ1v) is 31.0. The molecule has 0 spiro atoms. The van der Waals surface area contributed by atoms with E-state index in [1.807, 2.05) is 0 Å². The van der Waals surface area contributed by atoms with Gasteiger partial charge in [-0.15, -0.1) is 37.3 Å². The molecule has 6 N–H and O–H groups in total. The van der Waals surface area contributed by atoms with Crippen molar-refractivity contribution in [1.29, 1.82) is 5.26 Å². The van der Waals surface area contributed by atoms with Crippen LogP contribution in [0.2, 0.25) is 0 Å². The molecule has 0 fully saturated rings. The van der Waals surface area contributed by atoms with Gasteiger partial charge in [0.2, 0.25) is 11.0 Å². The minimum absolute atomic E-state index is 0.00690. The first-order valence-electron chi connectivity index (χ1n) is 23.1. The summed E-state index contributed by atoms with van der Waals surface area (Å²) in [6.45, 7) is 4.09. The lowest BCUT2D eigenvalue weighted by Crippen LogP contribution is -2.08. The molecule has 8 rings (SSSR count). The second-order valence-corrected chi connectivity index (χ2v) is 25.3. The molecular formula is C47H44N10O16S6. The van der Waals surface area contributed by atoms with Crippen molar-refractivity contribution in [3.8, 4) is 23.4 Å². The van der Waals surface area contributed by atoms with Crippen molar-refractivity contribution < 1.29 is 71.6 Å². The summed E-state index contributed by atoms with van der Waals surface area (Å²) in [5.74, 6) is -1.68. The van der Waals surface area contributed by atoms with Crippen LogP contribution in [0.1, 0.15) is 48.4 Å². The van der Waals surface area contributed by atoms with Gasteiger partial charge in [0.05, 0.1) is 69.0 Å². The fraction of sp³-hybridized carbons (Fsp3) is 0.255. The molecule has 0 atom stereocenters. The van der Waals surface area contributed by atoms with Crippen molar-refractivity contribution in [2.24, 2.45) is 30.7 Å². The molecule has 0 aliphatic heterocycles. The number of aromatic hydroxyl groups is 1. The smallest absolute Gasteiger partial charge is 0.296 e. The molecule has 414 valence electrons. The van der Waals surface area contributed by atoms with Crippen molar-refractivity contribution in [2.45, 2.75) is 61.3 Å². The van der Waals surface area contributed by atoms with Crippen molar-refractivity contribution in [3.05, 3.63) is 89.0 Å². The van der Waals surface area contributed by atoms with E-state index < -0.39 is 74.3 Å². The molecule has 79 heavy (non-hydrogen) atoms. The number of aromatic nitrogens is 3. The number of hydrogen-bond acceptors (Lipinski definition) is 23. The van der Waals surface area contributed by atoms with Gasteiger partial charge in [0.1, 0.15) is 39.2 Å². The Morgan fingerprint density at radius 3 is 2.10 bits per heavy atom. The Bertz CT molecular complexity index is 4370. The second kappa shape index (κ2) is 23.3. The van der Waals surface area contributed by atoms with E-state index in [1.54, 1.807) is 51.1 Å². The highest BCUT2D eigenvalue weighted by Crippen LogP contribution is 2.45. The predicted octanol–water partition coefficient (Wildman–Crippen LogP) is 10.5. The number of benzene rings is 5. The van der Waals surface area contributed by atoms with Crippen LogP contribution in [0.25, 0.3) is 37.7 Å². The van der Waals surface area contributed by atoms with Crippen LogP contribution in [-0.4, -0.2) is 107 Å². The van der Waals surface area contributed by atoms with Gasteiger partial charge in [0.15, 0.2) is 11.3 Å². The number of nitrogens with zero attached hydrogens (tertiary/aromatic N) is 10. The number of imidazole rings is 1. The van der Waals surface area contributed by atoms with E-state index in [-0.39, 0.29) is 120 Å². The predicted molar refractivity (Wildman–Crippen MR) is 291 cm³/mol. The summed E-state index contributed by atoms with van der Waals surface area (Å²) in [4.78, 5) is 7.95. The minimum Gasteiger partial charge on any atom is -0.493 e. The van der Waals surface area contributed by atoms with Crippen LogP contribution in [0.3, 0.4) is 0 Å². The Labute approximate surface area is 458 Å². The molecule has 8 aromatic rings. The van der Waals surface area contributed by atoms with Gasteiger partial charge in [-0.05, 0) is 86.9 Å². The first kappa shape index (κ1) is 58.0. The number of aliphatic hydroxyl groups excluding tert-OH is 1. The number of para-hydroxylation sites is 2. The van der Waals surface area contributed by atoms with Crippen molar-refractivity contribution in [2.75, 3.05) is 30.5 Å². The summed E-state index contributed by atoms with van der Waals surface area (Å²) in [6, 6.07) is 17.9. The molecule has 0 unspecified atom stereocenters. The molecule has 26 nitrogen and oxygen atoms in total. The van der Waals surface area contributed by atoms with Crippen LogP contribution >= 0.6 is 23.1 Å². The minimum atomic E-state index is -4.97. The molecule has 3 aromatic heterocycles. The van der Waals surface area contributed by atoms with Gasteiger partial charge in [-0.25, -0.2) is 9.97 Å². The fourth-order valence-electron chi connectivity index (χ4n) is 7.87. The highest BCUT2D eigenvalue weighted by atomic mass is 32.2. The number of thioether (sulfide) groups is 1. The van der Waals surface area contributed by atoms with Gasteiger partial charge < -0.3 is 19.7 Å². The molecule has 5 aromatic carbocycles. The zero-order valence-corrected chi connectivity index (χ0v) is 46.3. The SMILES string of the molecule is CCCOc1cc(S(=O)(=O)O)cc2c1cc(S(=O)(=O)O)c1nc(N=Nc3cc(SCCCS(=O)(=O)O)c(N=Nc4cc(OCCCS(=O)(=O)O)c(N=Nc5c(C)c(C#N)c6nc7ccccc7n6c5O)cc4CO)cc3C)sc12. The Hall–Kier alpha value is -7.16. The Balaban J connectivity index is 1.19. The van der Waals surface area contributed by atoms with E-state index in [9.17, 15) is 67.4 Å². The molecule has 0 bridgehead atoms. The summed E-state index contributed by atoms with van der Waals surface area (Å²) >= 11 is 1.87. The number of aliphatic hydroxyl groups is 1. The maximum Gasteiger partial charge on any atom is 0.296 e. The summed E-state index contributed by atoms with van der Waals surface area (Å²) in [5, 5.41) is 58.4. The molecule has 0 radical (unpaired) electrons. The number of pyridine rings is 1. The molecule has 32 heteroatoms. The third-order valence-corrected chi connectivity index (χ3v) is 17.0. The highest BCUT2D eigenvalue weighted by molar-refractivity contribution is 7.99. The van der Waals surface area contributed by atoms with Gasteiger partial charge in [-0.1, -0.05) is 30.4 Å². The zero-order chi connectivity index (χ0) is 57.2. The first-order chi connectivity index (χ1) is 37.3. The van der Waals surface area contributed by atoms with Crippen molar-refractivity contribution in [1.82, 2.24) is 14.4 Å². The normalized spacial score (nSPS) is 12.8. The number of azo groups is 3. The van der Waals surface area contributed by atoms with Crippen molar-refractivity contribution in [3.63, 3.8) is 0 Å². The summed E-state index contributed by atoms with van der Waals surface area (Å²) in [5.41, 5.74) is 1.94. The number of thiazole rings is 1. The number of ether oxygens (including phenoxy) is 2. The molecule has 0 aliphatic carbocycles. The quantitative estimate of drug-likeness (QED) is 0.0159. The van der Waals surface area contributed by atoms with E-state index in [4.69, 9.17) is 9.47 Å². The second-order valence-electron chi connectivity index (χ2n) is 17.2. The lowest BCUT2D eigenvalue weighted by Gasteiger charge is -2.13. The topological polar surface area (TPSA) is 405 Å². The van der Waals surface area contributed by atoms with E-state index in [1.165, 1.54) is 22.6 Å². The maximum absolute atomic E-state index is 12.7. The number of aryl methyl sites for hydroxylation is 1. The average Bonchev–Trinajstić information content (AvgIpc) is 4.21. The fourth-order valence-corrected chi connectivity index (χ4v) is 12.2. The Kier molecular flexibility index (Phi) is 17.1. The molecular weight excluding hydrogens is 1150 g/mol. The monoisotopic (exact) mass is 1200 g/mol. The lowest BCUT2D eigenvalue weighted by atomic mass is 10.1. The Morgan fingerprint density at radius 1 is 0.734 bits per heavy atom. The summed E-state index contributed by atoms with van der Waals surface area (Å²) < 4.78 is 148. The van der Waals surface area contributed by atoms with Crippen LogP contribution in [0.15, 0.2) is 112 Å². The van der Waals surface area contributed by atoms with Crippen LogP contribution in [0.5, 0.6) is 17.4 Å². The van der Waals surface area contributed by atoms with Gasteiger partial charge >= 0.3 is 0 Å². The molecule has 0 saturated carbocycles. The number of nitriles is 1. The van der Waals surface area contributed by atoms with Gasteiger partial charge in [-0.2, -0.15) is 44.0 Å². The maximum atomic E-state index is 12.7. The van der Waals surface area contributed by atoms with Crippen molar-refractivity contribution >= 4 is 135 Å². The standard InChI is InChI=1S/C47H44N10O16S6/c1-4-11-72-38-19-28(78(66,67)68)18-30-29(38)20-41(79(69,70)71)43-44(30)75-47(50-43)56-51-33-22-40(74-13-8-15-77(63,64)65)36(16-25(33)2)54-52-34-21-39(73-12-7-14-76(60,61)62)35(17-27(34)24-58)53-55-42-26(3)31(23-48)45-49-32-9-5-6-10-37(32)57(45)46(42)59/h5-6,9-10,16-22,58-59H,4,7-8,11-15,24H2,1-3H3,(H,60,61,62)(H,63,64,65)(H,66,67,68)(H,69,70,71). The molecule has 0 aliphatic rings. The highest BCUT2D eigenvalue weighted by Gasteiger charge is 2.26. The van der Waals surface area contributed by atoms with Gasteiger partial charge in [0.25, 0.3) is 40.5 Å². The van der Waals surface area contributed by atoms with Gasteiger partial charge in [-0.3, -0.25) is 22.6 Å². The number of fused-ring (bicyclic) bond motifs is 6. The zero-order valence-electron chi connectivity index (χ0n) is 41.4. The van der Waals surface area contributed by atoms with Crippen LogP contribution in [-0.2, 0) is 47.1 Å². The summed E-state index contributed by atoms with van der Waals surface area (Å²) in [6.07, 6.45) is 0.279. The van der Waals surface area contributed by atoms with E-state index in [0.717, 1.165) is 41.3 Å². The molecule has 0 amide bonds. The van der Waals surface area contributed by atoms with Gasteiger partial charge in [0, 0.05) is 38.9 Å². The third kappa shape index (κ3) is 13.3. The number of hydrogen-bond donors (Lipinski definition) is 6. The third-order valence-electron chi connectivity index (χ3n) is 11.6. The largest absolute Gasteiger partial charge is 0.493 e. The summed E-state index contributed by atoms with van der Waals surface area (Å²) in [7, 11) is -18.5. The van der Waals surface area contributed by atoms with E-state index in [0.29, 0.717) is 27.9 Å².